The molecule has 0 aromatic carbocycles. The van der Waals surface area contributed by atoms with E-state index in [1.54, 1.807) is 12.3 Å². The predicted octanol–water partition coefficient (Wildman–Crippen LogP) is 2.60. The molecule has 0 aliphatic carbocycles. The van der Waals surface area contributed by atoms with E-state index >= 15 is 0 Å². The SMILES string of the molecule is C[C@@H](N)c1ccnc(Cl)c1.Cl.Cl. The maximum absolute atomic E-state index is 5.62. The highest BCUT2D eigenvalue weighted by molar-refractivity contribution is 6.29. The predicted molar refractivity (Wildman–Crippen MR) is 56.3 cm³/mol. The number of halogens is 3. The summed E-state index contributed by atoms with van der Waals surface area (Å²) in [5, 5.41) is 0.495. The molecule has 12 heavy (non-hydrogen) atoms. The van der Waals surface area contributed by atoms with Gasteiger partial charge < -0.3 is 5.73 Å². The Balaban J connectivity index is 0. The van der Waals surface area contributed by atoms with E-state index in [1.807, 2.05) is 13.0 Å². The maximum atomic E-state index is 5.62. The molecule has 0 fully saturated rings. The number of hydrogen-bond acceptors (Lipinski definition) is 2. The Labute approximate surface area is 89.3 Å². The zero-order valence-electron chi connectivity index (χ0n) is 6.53. The molecule has 1 heterocycles. The minimum absolute atomic E-state index is 0. The zero-order chi connectivity index (χ0) is 7.56. The molecule has 0 saturated heterocycles. The van der Waals surface area contributed by atoms with Crippen LogP contribution in [0.2, 0.25) is 5.15 Å². The van der Waals surface area contributed by atoms with Crippen molar-refractivity contribution in [3.05, 3.63) is 29.0 Å². The summed E-state index contributed by atoms with van der Waals surface area (Å²) in [5.74, 6) is 0. The molecule has 5 heteroatoms. The summed E-state index contributed by atoms with van der Waals surface area (Å²) in [5.41, 5.74) is 6.61. The van der Waals surface area contributed by atoms with Crippen LogP contribution in [0.4, 0.5) is 0 Å². The number of pyridine rings is 1. The van der Waals surface area contributed by atoms with Crippen molar-refractivity contribution in [1.82, 2.24) is 4.98 Å². The molecule has 2 nitrogen and oxygen atoms in total. The Morgan fingerprint density at radius 2 is 2.08 bits per heavy atom. The second kappa shape index (κ2) is 6.49. The average molecular weight is 230 g/mol. The normalized spacial score (nSPS) is 10.9. The highest BCUT2D eigenvalue weighted by Gasteiger charge is 1.98. The summed E-state index contributed by atoms with van der Waals surface area (Å²) in [4.78, 5) is 3.83. The lowest BCUT2D eigenvalue weighted by molar-refractivity contribution is 0.815. The van der Waals surface area contributed by atoms with Gasteiger partial charge in [-0.15, -0.1) is 24.8 Å². The Bertz CT molecular complexity index is 228. The van der Waals surface area contributed by atoms with Crippen LogP contribution in [0.15, 0.2) is 18.3 Å². The van der Waals surface area contributed by atoms with Gasteiger partial charge in [0, 0.05) is 12.2 Å². The van der Waals surface area contributed by atoms with Gasteiger partial charge in [-0.1, -0.05) is 11.6 Å². The number of rotatable bonds is 1. The fourth-order valence-corrected chi connectivity index (χ4v) is 0.883. The van der Waals surface area contributed by atoms with Gasteiger partial charge in [0.25, 0.3) is 0 Å². The smallest absolute Gasteiger partial charge is 0.129 e. The maximum Gasteiger partial charge on any atom is 0.129 e. The molecule has 1 rings (SSSR count). The standard InChI is InChI=1S/C7H9ClN2.2ClH/c1-5(9)6-2-3-10-7(8)4-6;;/h2-5H,9H2,1H3;2*1H/t5-;;/m1../s1. The number of nitrogens with zero attached hydrogens (tertiary/aromatic N) is 1. The number of aromatic nitrogens is 1. The van der Waals surface area contributed by atoms with Crippen molar-refractivity contribution in [3.8, 4) is 0 Å². The van der Waals surface area contributed by atoms with E-state index in [2.05, 4.69) is 4.98 Å². The average Bonchev–Trinajstić information content (AvgIpc) is 1.88. The lowest BCUT2D eigenvalue weighted by Crippen LogP contribution is -2.04. The molecule has 0 spiro atoms. The molecule has 1 aromatic rings. The third-order valence-corrected chi connectivity index (χ3v) is 1.48. The van der Waals surface area contributed by atoms with E-state index in [9.17, 15) is 0 Å². The van der Waals surface area contributed by atoms with Crippen LogP contribution in [0.25, 0.3) is 0 Å². The van der Waals surface area contributed by atoms with Crippen LogP contribution >= 0.6 is 36.4 Å². The summed E-state index contributed by atoms with van der Waals surface area (Å²) in [7, 11) is 0. The molecule has 2 N–H and O–H groups in total. The lowest BCUT2D eigenvalue weighted by Gasteiger charge is -2.03. The van der Waals surface area contributed by atoms with Crippen LogP contribution in [0.1, 0.15) is 18.5 Å². The van der Waals surface area contributed by atoms with E-state index < -0.39 is 0 Å². The molecule has 0 bridgehead atoms. The van der Waals surface area contributed by atoms with Crippen LogP contribution in [0.3, 0.4) is 0 Å². The van der Waals surface area contributed by atoms with Gasteiger partial charge in [0.15, 0.2) is 0 Å². The highest BCUT2D eigenvalue weighted by atomic mass is 35.5. The highest BCUT2D eigenvalue weighted by Crippen LogP contribution is 2.12. The Kier molecular flexibility index (Phi) is 7.84. The molecular weight excluding hydrogens is 218 g/mol. The minimum Gasteiger partial charge on any atom is -0.324 e. The third-order valence-electron chi connectivity index (χ3n) is 1.28. The number of hydrogen-bond donors (Lipinski definition) is 1. The van der Waals surface area contributed by atoms with Crippen LogP contribution in [0.5, 0.6) is 0 Å². The summed E-state index contributed by atoms with van der Waals surface area (Å²) >= 11 is 5.62. The van der Waals surface area contributed by atoms with Gasteiger partial charge in [-0.25, -0.2) is 4.98 Å². The van der Waals surface area contributed by atoms with Crippen molar-refractivity contribution in [2.75, 3.05) is 0 Å². The monoisotopic (exact) mass is 228 g/mol. The van der Waals surface area contributed by atoms with E-state index in [0.717, 1.165) is 5.56 Å². The summed E-state index contributed by atoms with van der Waals surface area (Å²) < 4.78 is 0. The summed E-state index contributed by atoms with van der Waals surface area (Å²) in [6.45, 7) is 1.91. The molecular formula is C7H11Cl3N2. The fourth-order valence-electron chi connectivity index (χ4n) is 0.701. The molecule has 1 aromatic heterocycles. The van der Waals surface area contributed by atoms with Gasteiger partial charge >= 0.3 is 0 Å². The second-order valence-corrected chi connectivity index (χ2v) is 2.59. The molecule has 1 atom stereocenters. The van der Waals surface area contributed by atoms with Gasteiger partial charge in [-0.2, -0.15) is 0 Å². The third kappa shape index (κ3) is 4.12. The first-order valence-corrected chi connectivity index (χ1v) is 3.45. The van der Waals surface area contributed by atoms with Crippen LogP contribution < -0.4 is 5.73 Å². The summed E-state index contributed by atoms with van der Waals surface area (Å²) in [6, 6.07) is 3.66. The largest absolute Gasteiger partial charge is 0.324 e. The first-order chi connectivity index (χ1) is 4.70. The van der Waals surface area contributed by atoms with Crippen molar-refractivity contribution in [2.24, 2.45) is 5.73 Å². The first kappa shape index (κ1) is 14.5. The Morgan fingerprint density at radius 1 is 1.50 bits per heavy atom. The van der Waals surface area contributed by atoms with Crippen LogP contribution in [0, 0.1) is 0 Å². The fraction of sp³-hybridized carbons (Fsp3) is 0.286. The van der Waals surface area contributed by atoms with Crippen molar-refractivity contribution in [1.29, 1.82) is 0 Å². The van der Waals surface area contributed by atoms with Crippen molar-refractivity contribution >= 4 is 36.4 Å². The van der Waals surface area contributed by atoms with Gasteiger partial charge in [0.1, 0.15) is 5.15 Å². The molecule has 0 aliphatic rings. The van der Waals surface area contributed by atoms with E-state index in [4.69, 9.17) is 17.3 Å². The van der Waals surface area contributed by atoms with Gasteiger partial charge in [0.2, 0.25) is 0 Å². The molecule has 0 unspecified atom stereocenters. The zero-order valence-corrected chi connectivity index (χ0v) is 8.92. The van der Waals surface area contributed by atoms with Crippen molar-refractivity contribution in [2.45, 2.75) is 13.0 Å². The quantitative estimate of drug-likeness (QED) is 0.752. The molecule has 0 saturated carbocycles. The molecule has 0 radical (unpaired) electrons. The first-order valence-electron chi connectivity index (χ1n) is 3.07. The van der Waals surface area contributed by atoms with Crippen molar-refractivity contribution in [3.63, 3.8) is 0 Å². The number of nitrogens with two attached hydrogens (primary N) is 1. The van der Waals surface area contributed by atoms with Gasteiger partial charge in [0.05, 0.1) is 0 Å². The molecule has 70 valence electrons. The van der Waals surface area contributed by atoms with Gasteiger partial charge in [-0.3, -0.25) is 0 Å². The Morgan fingerprint density at radius 3 is 2.42 bits per heavy atom. The second-order valence-electron chi connectivity index (χ2n) is 2.20. The topological polar surface area (TPSA) is 38.9 Å². The molecule has 0 aliphatic heterocycles. The van der Waals surface area contributed by atoms with Gasteiger partial charge in [-0.05, 0) is 24.6 Å². The minimum atomic E-state index is 0. The van der Waals surface area contributed by atoms with Crippen LogP contribution in [-0.4, -0.2) is 4.98 Å². The lowest BCUT2D eigenvalue weighted by atomic mass is 10.1. The van der Waals surface area contributed by atoms with E-state index in [0.29, 0.717) is 5.15 Å². The Hall–Kier alpha value is -0.0200. The van der Waals surface area contributed by atoms with E-state index in [1.165, 1.54) is 0 Å². The van der Waals surface area contributed by atoms with Crippen molar-refractivity contribution < 1.29 is 0 Å². The molecule has 0 amide bonds. The van der Waals surface area contributed by atoms with Crippen LogP contribution in [-0.2, 0) is 0 Å². The summed E-state index contributed by atoms with van der Waals surface area (Å²) in [6.07, 6.45) is 1.65. The van der Waals surface area contributed by atoms with E-state index in [-0.39, 0.29) is 30.9 Å².